The molecule has 5 atom stereocenters. The average Bonchev–Trinajstić information content (AvgIpc) is 3.08. The second-order valence-electron chi connectivity index (χ2n) is 10.7. The summed E-state index contributed by atoms with van der Waals surface area (Å²) >= 11 is 0. The third kappa shape index (κ3) is 9.66. The second-order valence-corrected chi connectivity index (χ2v) is 10.7. The second kappa shape index (κ2) is 17.6. The summed E-state index contributed by atoms with van der Waals surface area (Å²) in [4.78, 5) is 11.2. The highest BCUT2D eigenvalue weighted by molar-refractivity contribution is 5.49. The predicted molar refractivity (Wildman–Crippen MR) is 166 cm³/mol. The minimum atomic E-state index is -0.804. The van der Waals surface area contributed by atoms with Gasteiger partial charge in [-0.1, -0.05) is 121 Å². The van der Waals surface area contributed by atoms with Crippen LogP contribution in [0.25, 0.3) is 0 Å². The summed E-state index contributed by atoms with van der Waals surface area (Å²) in [6.45, 7) is 1.90. The molecule has 0 amide bonds. The Kier molecular flexibility index (Phi) is 12.7. The van der Waals surface area contributed by atoms with Gasteiger partial charge in [0.2, 0.25) is 0 Å². The highest BCUT2D eigenvalue weighted by atomic mass is 16.7. The largest absolute Gasteiger partial charge is 0.374 e. The maximum absolute atomic E-state index is 11.2. The van der Waals surface area contributed by atoms with Gasteiger partial charge in [-0.15, -0.1) is 0 Å². The molecule has 0 radical (unpaired) electrons. The number of aldehydes is 1. The highest BCUT2D eigenvalue weighted by Crippen LogP contribution is 2.31. The summed E-state index contributed by atoms with van der Waals surface area (Å²) in [5.74, 6) is 0. The Morgan fingerprint density at radius 2 is 0.955 bits per heavy atom. The lowest BCUT2D eigenvalue weighted by Crippen LogP contribution is -2.61. The number of rotatable bonds is 17. The zero-order valence-electron chi connectivity index (χ0n) is 24.8. The van der Waals surface area contributed by atoms with E-state index >= 15 is 0 Å². The van der Waals surface area contributed by atoms with Crippen molar-refractivity contribution in [3.05, 3.63) is 144 Å². The monoisotopic (exact) mass is 596 g/mol. The van der Waals surface area contributed by atoms with Gasteiger partial charge in [0.25, 0.3) is 0 Å². The predicted octanol–water partition coefficient (Wildman–Crippen LogP) is 6.29. The molecule has 1 aliphatic rings. The Morgan fingerprint density at radius 3 is 1.43 bits per heavy atom. The van der Waals surface area contributed by atoms with Gasteiger partial charge in [0.05, 0.1) is 39.6 Å². The third-order valence-electron chi connectivity index (χ3n) is 7.36. The fourth-order valence-corrected chi connectivity index (χ4v) is 5.11. The molecule has 0 bridgehead atoms. The summed E-state index contributed by atoms with van der Waals surface area (Å²) in [7, 11) is 0. The van der Waals surface area contributed by atoms with Gasteiger partial charge in [-0.05, 0) is 22.3 Å². The lowest BCUT2D eigenvalue weighted by Gasteiger charge is -2.45. The van der Waals surface area contributed by atoms with Gasteiger partial charge in [-0.25, -0.2) is 0 Å². The van der Waals surface area contributed by atoms with E-state index in [1.54, 1.807) is 0 Å². The van der Waals surface area contributed by atoms with Crippen LogP contribution in [0.2, 0.25) is 0 Å². The molecule has 0 unspecified atom stereocenters. The van der Waals surface area contributed by atoms with Gasteiger partial charge in [-0.2, -0.15) is 0 Å². The summed E-state index contributed by atoms with van der Waals surface area (Å²) in [6, 6.07) is 40.0. The number of hydrogen-bond acceptors (Lipinski definition) is 7. The molecule has 1 fully saturated rings. The maximum atomic E-state index is 11.2. The number of hydrogen-bond donors (Lipinski definition) is 0. The van der Waals surface area contributed by atoms with Crippen LogP contribution in [0.15, 0.2) is 121 Å². The average molecular weight is 597 g/mol. The van der Waals surface area contributed by atoms with Crippen molar-refractivity contribution in [1.29, 1.82) is 0 Å². The molecule has 1 heterocycles. The third-order valence-corrected chi connectivity index (χ3v) is 7.36. The van der Waals surface area contributed by atoms with Crippen molar-refractivity contribution in [3.8, 4) is 0 Å². The van der Waals surface area contributed by atoms with E-state index in [9.17, 15) is 4.79 Å². The van der Waals surface area contributed by atoms with Crippen LogP contribution in [0.5, 0.6) is 0 Å². The molecule has 0 aliphatic carbocycles. The molecule has 0 N–H and O–H groups in total. The molecule has 44 heavy (non-hydrogen) atoms. The Hall–Kier alpha value is -3.69. The minimum Gasteiger partial charge on any atom is -0.374 e. The topological polar surface area (TPSA) is 72.5 Å². The molecule has 0 saturated carbocycles. The van der Waals surface area contributed by atoms with Crippen molar-refractivity contribution in [3.63, 3.8) is 0 Å². The van der Waals surface area contributed by atoms with Crippen LogP contribution in [-0.4, -0.2) is 50.2 Å². The van der Waals surface area contributed by atoms with Gasteiger partial charge in [0.1, 0.15) is 30.7 Å². The minimum absolute atomic E-state index is 0.192. The zero-order valence-corrected chi connectivity index (χ0v) is 24.8. The van der Waals surface area contributed by atoms with Gasteiger partial charge in [0, 0.05) is 6.42 Å². The molecule has 4 aromatic carbocycles. The molecular formula is C37H40O7. The van der Waals surface area contributed by atoms with E-state index in [4.69, 9.17) is 28.4 Å². The van der Waals surface area contributed by atoms with Crippen molar-refractivity contribution in [2.75, 3.05) is 13.2 Å². The van der Waals surface area contributed by atoms with E-state index in [-0.39, 0.29) is 19.6 Å². The van der Waals surface area contributed by atoms with Gasteiger partial charge >= 0.3 is 0 Å². The molecule has 5 rings (SSSR count). The van der Waals surface area contributed by atoms with Crippen molar-refractivity contribution in [2.45, 2.75) is 63.6 Å². The Labute approximate surface area is 259 Å². The first kappa shape index (κ1) is 31.7. The molecule has 7 heteroatoms. The molecule has 1 aliphatic heterocycles. The normalized spacial score (nSPS) is 21.6. The van der Waals surface area contributed by atoms with Crippen molar-refractivity contribution < 1.29 is 33.2 Å². The van der Waals surface area contributed by atoms with Crippen LogP contribution in [0.4, 0.5) is 0 Å². The van der Waals surface area contributed by atoms with Crippen LogP contribution in [-0.2, 0) is 59.6 Å². The number of benzene rings is 4. The smallest absolute Gasteiger partial charge is 0.186 e. The highest BCUT2D eigenvalue weighted by Gasteiger charge is 2.49. The first-order chi connectivity index (χ1) is 21.8. The number of ether oxygens (including phenoxy) is 6. The van der Waals surface area contributed by atoms with Crippen LogP contribution in [0.3, 0.4) is 0 Å². The molecular weight excluding hydrogens is 556 g/mol. The fraction of sp³-hybridized carbons (Fsp3) is 0.324. The lowest BCUT2D eigenvalue weighted by atomic mass is 9.97. The molecule has 0 aromatic heterocycles. The van der Waals surface area contributed by atoms with Gasteiger partial charge in [-0.3, -0.25) is 0 Å². The first-order valence-electron chi connectivity index (χ1n) is 15.1. The summed E-state index contributed by atoms with van der Waals surface area (Å²) in [5, 5.41) is 0. The van der Waals surface area contributed by atoms with Crippen LogP contribution < -0.4 is 0 Å². The van der Waals surface area contributed by atoms with Crippen molar-refractivity contribution in [2.24, 2.45) is 0 Å². The van der Waals surface area contributed by atoms with E-state index < -0.39 is 30.7 Å². The fourth-order valence-electron chi connectivity index (χ4n) is 5.11. The standard InChI is InChI=1S/C37H40O7/c38-22-13-23-40-37-36(43-27-32-20-11-4-12-21-32)35(42-26-31-18-9-3-10-19-31)34(41-25-30-16-7-2-8-17-30)33(44-37)28-39-24-29-14-5-1-6-15-29/h1-12,14-22,33-37H,13,23-28H2/t33-,34-,35+,36-,37+/m1/s1. The Bertz CT molecular complexity index is 1340. The zero-order chi connectivity index (χ0) is 30.2. The SMILES string of the molecule is O=CCCO[C@H]1O[C@H](COCc2ccccc2)[C@@H](OCc2ccccc2)[C@H](OCc2ccccc2)[C@H]1OCc1ccccc1. The summed E-state index contributed by atoms with van der Waals surface area (Å²) in [6.07, 6.45) is -2.01. The molecule has 0 spiro atoms. The van der Waals surface area contributed by atoms with E-state index in [0.29, 0.717) is 26.4 Å². The Morgan fingerprint density at radius 1 is 0.523 bits per heavy atom. The quantitative estimate of drug-likeness (QED) is 0.105. The lowest BCUT2D eigenvalue weighted by molar-refractivity contribution is -0.328. The van der Waals surface area contributed by atoms with Crippen molar-refractivity contribution in [1.82, 2.24) is 0 Å². The molecule has 7 nitrogen and oxygen atoms in total. The van der Waals surface area contributed by atoms with Crippen LogP contribution in [0.1, 0.15) is 28.7 Å². The molecule has 1 saturated heterocycles. The van der Waals surface area contributed by atoms with Crippen LogP contribution in [0, 0.1) is 0 Å². The van der Waals surface area contributed by atoms with Gasteiger partial charge in [0.15, 0.2) is 6.29 Å². The van der Waals surface area contributed by atoms with Gasteiger partial charge < -0.3 is 33.2 Å². The summed E-state index contributed by atoms with van der Waals surface area (Å²) in [5.41, 5.74) is 4.13. The Balaban J connectivity index is 1.42. The van der Waals surface area contributed by atoms with E-state index in [2.05, 4.69) is 0 Å². The van der Waals surface area contributed by atoms with E-state index in [1.165, 1.54) is 0 Å². The maximum Gasteiger partial charge on any atom is 0.186 e. The molecule has 4 aromatic rings. The molecule has 230 valence electrons. The van der Waals surface area contributed by atoms with Crippen LogP contribution >= 0.6 is 0 Å². The first-order valence-corrected chi connectivity index (χ1v) is 15.1. The van der Waals surface area contributed by atoms with E-state index in [0.717, 1.165) is 28.5 Å². The van der Waals surface area contributed by atoms with Crippen molar-refractivity contribution >= 4 is 6.29 Å². The van der Waals surface area contributed by atoms with E-state index in [1.807, 2.05) is 121 Å². The number of carbonyl (C=O) groups excluding carboxylic acids is 1. The number of carbonyl (C=O) groups is 1. The summed E-state index contributed by atoms with van der Waals surface area (Å²) < 4.78 is 38.7.